The highest BCUT2D eigenvalue weighted by atomic mass is 16.5. The van der Waals surface area contributed by atoms with Crippen molar-refractivity contribution >= 4 is 5.97 Å². The number of aliphatic hydroxyl groups is 1. The van der Waals surface area contributed by atoms with Gasteiger partial charge in [-0.05, 0) is 45.0 Å². The first-order valence-electron chi connectivity index (χ1n) is 7.09. The predicted octanol–water partition coefficient (Wildman–Crippen LogP) is 1.53. The van der Waals surface area contributed by atoms with Gasteiger partial charge in [-0.15, -0.1) is 0 Å². The van der Waals surface area contributed by atoms with Crippen LogP contribution >= 0.6 is 0 Å². The average Bonchev–Trinajstić information content (AvgIpc) is 2.48. The van der Waals surface area contributed by atoms with E-state index in [0.717, 1.165) is 11.3 Å². The van der Waals surface area contributed by atoms with Gasteiger partial charge in [-0.25, -0.2) is 0 Å². The summed E-state index contributed by atoms with van der Waals surface area (Å²) in [5.74, 6) is 0.436. The number of likely N-dealkylation sites (N-methyl/N-ethyl adjacent to an activating group) is 1. The van der Waals surface area contributed by atoms with Crippen molar-refractivity contribution < 1.29 is 19.4 Å². The minimum Gasteiger partial charge on any atom is -0.491 e. The number of methoxy groups -OCH3 is 1. The number of nitrogens with one attached hydrogen (secondary N) is 1. The zero-order chi connectivity index (χ0) is 15.9. The Labute approximate surface area is 126 Å². The number of benzene rings is 1. The van der Waals surface area contributed by atoms with Gasteiger partial charge in [0.2, 0.25) is 0 Å². The van der Waals surface area contributed by atoms with Crippen molar-refractivity contribution in [3.05, 3.63) is 29.8 Å². The summed E-state index contributed by atoms with van der Waals surface area (Å²) in [6, 6.07) is 7.60. The second kappa shape index (κ2) is 8.00. The molecular formula is C16H25NO4. The van der Waals surface area contributed by atoms with Crippen LogP contribution in [-0.4, -0.2) is 43.5 Å². The van der Waals surface area contributed by atoms with Crippen LogP contribution in [0, 0.1) is 0 Å². The fraction of sp³-hybridized carbons (Fsp3) is 0.562. The zero-order valence-corrected chi connectivity index (χ0v) is 13.2. The van der Waals surface area contributed by atoms with Crippen molar-refractivity contribution in [3.8, 4) is 5.75 Å². The summed E-state index contributed by atoms with van der Waals surface area (Å²) in [6.45, 7) is 3.85. The number of hydrogen-bond donors (Lipinski definition) is 2. The van der Waals surface area contributed by atoms with Crippen molar-refractivity contribution in [2.45, 2.75) is 38.3 Å². The van der Waals surface area contributed by atoms with Gasteiger partial charge >= 0.3 is 5.97 Å². The summed E-state index contributed by atoms with van der Waals surface area (Å²) in [6.07, 6.45) is 0.982. The molecule has 1 rings (SSSR count). The van der Waals surface area contributed by atoms with Crippen LogP contribution in [0.3, 0.4) is 0 Å². The standard InChI is InChI=1S/C16H25NO4/c1-12(11-16(2,17-3)15(19)20-4)21-14-7-5-13(6-8-14)9-10-18/h5-8,12,17-18H,9-11H2,1-4H3. The van der Waals surface area contributed by atoms with E-state index < -0.39 is 5.54 Å². The van der Waals surface area contributed by atoms with E-state index >= 15 is 0 Å². The Bertz CT molecular complexity index is 446. The normalized spacial score (nSPS) is 15.1. The molecule has 0 amide bonds. The van der Waals surface area contributed by atoms with Gasteiger partial charge < -0.3 is 19.9 Å². The first-order valence-corrected chi connectivity index (χ1v) is 7.09. The molecule has 0 saturated heterocycles. The fourth-order valence-corrected chi connectivity index (χ4v) is 2.23. The Kier molecular flexibility index (Phi) is 6.65. The lowest BCUT2D eigenvalue weighted by Crippen LogP contribution is -2.50. The molecule has 0 saturated carbocycles. The molecule has 1 aromatic rings. The summed E-state index contributed by atoms with van der Waals surface area (Å²) in [4.78, 5) is 11.8. The van der Waals surface area contributed by atoms with Crippen LogP contribution in [0.4, 0.5) is 0 Å². The molecule has 1 aromatic carbocycles. The van der Waals surface area contributed by atoms with Crippen molar-refractivity contribution in [1.82, 2.24) is 5.32 Å². The summed E-state index contributed by atoms with van der Waals surface area (Å²) < 4.78 is 10.6. The van der Waals surface area contributed by atoms with E-state index in [0.29, 0.717) is 12.8 Å². The maximum Gasteiger partial charge on any atom is 0.325 e. The molecule has 0 bridgehead atoms. The summed E-state index contributed by atoms with van der Waals surface area (Å²) in [5, 5.41) is 11.9. The molecule has 0 heterocycles. The van der Waals surface area contributed by atoms with E-state index in [-0.39, 0.29) is 18.7 Å². The lowest BCUT2D eigenvalue weighted by molar-refractivity contribution is -0.148. The second-order valence-corrected chi connectivity index (χ2v) is 5.32. The summed E-state index contributed by atoms with van der Waals surface area (Å²) in [7, 11) is 3.11. The van der Waals surface area contributed by atoms with Gasteiger partial charge in [0, 0.05) is 13.0 Å². The van der Waals surface area contributed by atoms with Gasteiger partial charge in [-0.1, -0.05) is 12.1 Å². The molecular weight excluding hydrogens is 270 g/mol. The van der Waals surface area contributed by atoms with Crippen molar-refractivity contribution in [2.24, 2.45) is 0 Å². The maximum atomic E-state index is 11.8. The second-order valence-electron chi connectivity index (χ2n) is 5.32. The van der Waals surface area contributed by atoms with Crippen LogP contribution in [0.5, 0.6) is 5.75 Å². The van der Waals surface area contributed by atoms with Crippen LogP contribution < -0.4 is 10.1 Å². The summed E-state index contributed by atoms with van der Waals surface area (Å²) in [5.41, 5.74) is 0.289. The third-order valence-electron chi connectivity index (χ3n) is 3.54. The molecule has 5 nitrogen and oxygen atoms in total. The zero-order valence-electron chi connectivity index (χ0n) is 13.2. The van der Waals surface area contributed by atoms with E-state index in [1.807, 2.05) is 31.2 Å². The molecule has 0 aromatic heterocycles. The van der Waals surface area contributed by atoms with Crippen molar-refractivity contribution in [1.29, 1.82) is 0 Å². The Morgan fingerprint density at radius 3 is 2.48 bits per heavy atom. The Morgan fingerprint density at radius 1 is 1.38 bits per heavy atom. The highest BCUT2D eigenvalue weighted by Crippen LogP contribution is 2.20. The van der Waals surface area contributed by atoms with Gasteiger partial charge in [0.05, 0.1) is 13.2 Å². The molecule has 0 radical (unpaired) electrons. The third kappa shape index (κ3) is 5.02. The minimum absolute atomic E-state index is 0.135. The smallest absolute Gasteiger partial charge is 0.325 e. The van der Waals surface area contributed by atoms with E-state index in [1.54, 1.807) is 14.0 Å². The number of hydrogen-bond acceptors (Lipinski definition) is 5. The lowest BCUT2D eigenvalue weighted by Gasteiger charge is -2.29. The van der Waals surface area contributed by atoms with Crippen LogP contribution in [0.25, 0.3) is 0 Å². The maximum absolute atomic E-state index is 11.8. The van der Waals surface area contributed by atoms with E-state index in [2.05, 4.69) is 5.32 Å². The Morgan fingerprint density at radius 2 is 2.00 bits per heavy atom. The lowest BCUT2D eigenvalue weighted by atomic mass is 9.95. The van der Waals surface area contributed by atoms with Gasteiger partial charge in [-0.3, -0.25) is 4.79 Å². The molecule has 21 heavy (non-hydrogen) atoms. The Hall–Kier alpha value is -1.59. The number of carbonyl (C=O) groups excluding carboxylic acids is 1. The molecule has 2 unspecified atom stereocenters. The Balaban J connectivity index is 2.63. The number of rotatable bonds is 8. The van der Waals surface area contributed by atoms with Gasteiger partial charge in [0.1, 0.15) is 11.3 Å². The van der Waals surface area contributed by atoms with Crippen LogP contribution in [0.1, 0.15) is 25.8 Å². The van der Waals surface area contributed by atoms with Crippen LogP contribution in [-0.2, 0) is 16.0 Å². The van der Waals surface area contributed by atoms with E-state index in [4.69, 9.17) is 14.6 Å². The number of aliphatic hydroxyl groups excluding tert-OH is 1. The van der Waals surface area contributed by atoms with Crippen molar-refractivity contribution in [2.75, 3.05) is 20.8 Å². The molecule has 118 valence electrons. The monoisotopic (exact) mass is 295 g/mol. The highest BCUT2D eigenvalue weighted by molar-refractivity contribution is 5.80. The SMILES string of the molecule is CNC(C)(CC(C)Oc1ccc(CCO)cc1)C(=O)OC. The number of carbonyl (C=O) groups is 1. The van der Waals surface area contributed by atoms with E-state index in [1.165, 1.54) is 7.11 Å². The molecule has 0 fully saturated rings. The molecule has 0 aliphatic carbocycles. The van der Waals surface area contributed by atoms with Crippen LogP contribution in [0.15, 0.2) is 24.3 Å². The fourth-order valence-electron chi connectivity index (χ4n) is 2.23. The highest BCUT2D eigenvalue weighted by Gasteiger charge is 2.34. The topological polar surface area (TPSA) is 67.8 Å². The molecule has 0 spiro atoms. The van der Waals surface area contributed by atoms with Crippen molar-refractivity contribution in [3.63, 3.8) is 0 Å². The largest absolute Gasteiger partial charge is 0.491 e. The number of ether oxygens (including phenoxy) is 2. The summed E-state index contributed by atoms with van der Waals surface area (Å²) >= 11 is 0. The minimum atomic E-state index is -0.773. The molecule has 2 N–H and O–H groups in total. The molecule has 5 heteroatoms. The molecule has 0 aliphatic rings. The molecule has 0 aliphatic heterocycles. The van der Waals surface area contributed by atoms with Crippen LogP contribution in [0.2, 0.25) is 0 Å². The van der Waals surface area contributed by atoms with Gasteiger partial charge in [0.15, 0.2) is 0 Å². The molecule has 2 atom stereocenters. The first-order chi connectivity index (χ1) is 9.95. The average molecular weight is 295 g/mol. The third-order valence-corrected chi connectivity index (χ3v) is 3.54. The predicted molar refractivity (Wildman–Crippen MR) is 81.4 cm³/mol. The van der Waals surface area contributed by atoms with E-state index in [9.17, 15) is 4.79 Å². The van der Waals surface area contributed by atoms with Gasteiger partial charge in [0.25, 0.3) is 0 Å². The van der Waals surface area contributed by atoms with Gasteiger partial charge in [-0.2, -0.15) is 0 Å². The number of esters is 1. The quantitative estimate of drug-likeness (QED) is 0.712. The first kappa shape index (κ1) is 17.5.